The van der Waals surface area contributed by atoms with E-state index in [0.717, 1.165) is 15.6 Å². The van der Waals surface area contributed by atoms with E-state index >= 15 is 0 Å². The van der Waals surface area contributed by atoms with Crippen molar-refractivity contribution in [1.82, 2.24) is 4.57 Å². The predicted molar refractivity (Wildman–Crippen MR) is 112 cm³/mol. The molecule has 0 saturated carbocycles. The van der Waals surface area contributed by atoms with Gasteiger partial charge in [-0.15, -0.1) is 0 Å². The lowest BCUT2D eigenvalue weighted by molar-refractivity contribution is -0.120. The first kappa shape index (κ1) is 18.4. The van der Waals surface area contributed by atoms with Gasteiger partial charge in [0, 0.05) is 19.0 Å². The zero-order valence-corrected chi connectivity index (χ0v) is 16.3. The number of fused-ring (bicyclic) bond motifs is 3. The lowest BCUT2D eigenvalue weighted by Crippen LogP contribution is -2.21. The van der Waals surface area contributed by atoms with E-state index in [1.807, 2.05) is 47.0 Å². The maximum absolute atomic E-state index is 12.4. The summed E-state index contributed by atoms with van der Waals surface area (Å²) in [6, 6.07) is 21.7. The third-order valence-corrected chi connectivity index (χ3v) is 5.55. The quantitative estimate of drug-likeness (QED) is 0.498. The molecule has 1 aromatic heterocycles. The molecule has 5 nitrogen and oxygen atoms in total. The Labute approximate surface area is 166 Å². The average molecular weight is 392 g/mol. The van der Waals surface area contributed by atoms with Gasteiger partial charge in [0.15, 0.2) is 11.4 Å². The van der Waals surface area contributed by atoms with E-state index in [2.05, 4.69) is 29.3 Å². The third kappa shape index (κ3) is 3.83. The molecule has 0 N–H and O–H groups in total. The SMILES string of the molecule is COCCn1c(=NC(=O)COc2ccccc2)sc2c3ccccc3ccc21. The number of thiazole rings is 1. The van der Waals surface area contributed by atoms with Gasteiger partial charge in [0.2, 0.25) is 0 Å². The van der Waals surface area contributed by atoms with E-state index in [1.54, 1.807) is 7.11 Å². The number of ether oxygens (including phenoxy) is 2. The van der Waals surface area contributed by atoms with E-state index in [9.17, 15) is 4.79 Å². The van der Waals surface area contributed by atoms with Crippen LogP contribution in [0.4, 0.5) is 0 Å². The summed E-state index contributed by atoms with van der Waals surface area (Å²) in [6.45, 7) is 1.07. The predicted octanol–water partition coefficient (Wildman–Crippen LogP) is 4.01. The van der Waals surface area contributed by atoms with Crippen molar-refractivity contribution in [3.63, 3.8) is 0 Å². The van der Waals surface area contributed by atoms with Crippen molar-refractivity contribution < 1.29 is 14.3 Å². The van der Waals surface area contributed by atoms with Crippen LogP contribution in [0.25, 0.3) is 21.0 Å². The van der Waals surface area contributed by atoms with Gasteiger partial charge < -0.3 is 14.0 Å². The molecule has 0 saturated heterocycles. The van der Waals surface area contributed by atoms with Crippen LogP contribution < -0.4 is 9.54 Å². The second kappa shape index (κ2) is 8.37. The van der Waals surface area contributed by atoms with E-state index in [-0.39, 0.29) is 12.5 Å². The Morgan fingerprint density at radius 2 is 1.82 bits per heavy atom. The Hall–Kier alpha value is -2.96. The van der Waals surface area contributed by atoms with Gasteiger partial charge in [-0.1, -0.05) is 59.9 Å². The molecule has 0 unspecified atom stereocenters. The molecule has 0 aliphatic carbocycles. The summed E-state index contributed by atoms with van der Waals surface area (Å²) in [5.74, 6) is 0.339. The maximum Gasteiger partial charge on any atom is 0.286 e. The summed E-state index contributed by atoms with van der Waals surface area (Å²) in [7, 11) is 1.67. The van der Waals surface area contributed by atoms with Crippen LogP contribution in [0.2, 0.25) is 0 Å². The Morgan fingerprint density at radius 1 is 1.04 bits per heavy atom. The lowest BCUT2D eigenvalue weighted by Gasteiger charge is -2.05. The number of amides is 1. The average Bonchev–Trinajstić information content (AvgIpc) is 3.09. The molecule has 1 amide bonds. The number of para-hydroxylation sites is 1. The largest absolute Gasteiger partial charge is 0.484 e. The summed E-state index contributed by atoms with van der Waals surface area (Å²) in [5.41, 5.74) is 1.05. The first-order valence-electron chi connectivity index (χ1n) is 9.02. The Kier molecular flexibility index (Phi) is 5.50. The standard InChI is InChI=1S/C22H20N2O3S/c1-26-14-13-24-19-12-11-16-7-5-6-10-18(16)21(19)28-22(24)23-20(25)15-27-17-8-3-2-4-9-17/h2-12H,13-15H2,1H3. The Balaban J connectivity index is 1.72. The van der Waals surface area contributed by atoms with Crippen molar-refractivity contribution >= 4 is 38.2 Å². The van der Waals surface area contributed by atoms with Gasteiger partial charge in [-0.2, -0.15) is 4.99 Å². The highest BCUT2D eigenvalue weighted by atomic mass is 32.1. The maximum atomic E-state index is 12.4. The second-order valence-electron chi connectivity index (χ2n) is 6.27. The molecule has 28 heavy (non-hydrogen) atoms. The van der Waals surface area contributed by atoms with Gasteiger partial charge >= 0.3 is 0 Å². The van der Waals surface area contributed by atoms with Gasteiger partial charge in [0.25, 0.3) is 5.91 Å². The van der Waals surface area contributed by atoms with Gasteiger partial charge in [0.05, 0.1) is 16.8 Å². The van der Waals surface area contributed by atoms with Crippen LogP contribution in [0.1, 0.15) is 0 Å². The fraction of sp³-hybridized carbons (Fsp3) is 0.182. The molecule has 142 valence electrons. The van der Waals surface area contributed by atoms with Crippen molar-refractivity contribution in [2.75, 3.05) is 20.3 Å². The third-order valence-electron chi connectivity index (χ3n) is 4.42. The normalized spacial score (nSPS) is 12.0. The van der Waals surface area contributed by atoms with Crippen molar-refractivity contribution in [2.24, 2.45) is 4.99 Å². The Bertz CT molecular complexity index is 1180. The number of carbonyl (C=O) groups excluding carboxylic acids is 1. The molecule has 4 rings (SSSR count). The highest BCUT2D eigenvalue weighted by molar-refractivity contribution is 7.17. The van der Waals surface area contributed by atoms with E-state index in [1.165, 1.54) is 16.7 Å². The minimum absolute atomic E-state index is 0.0940. The van der Waals surface area contributed by atoms with Crippen LogP contribution in [-0.2, 0) is 16.1 Å². The van der Waals surface area contributed by atoms with Crippen molar-refractivity contribution in [3.05, 3.63) is 71.5 Å². The summed E-state index contributed by atoms with van der Waals surface area (Å²) in [6.07, 6.45) is 0. The van der Waals surface area contributed by atoms with Gasteiger partial charge in [-0.25, -0.2) is 0 Å². The molecule has 6 heteroatoms. The second-order valence-corrected chi connectivity index (χ2v) is 7.25. The fourth-order valence-electron chi connectivity index (χ4n) is 3.08. The van der Waals surface area contributed by atoms with Crippen LogP contribution in [0.3, 0.4) is 0 Å². The summed E-state index contributed by atoms with van der Waals surface area (Å²) < 4.78 is 13.9. The van der Waals surface area contributed by atoms with Crippen molar-refractivity contribution in [1.29, 1.82) is 0 Å². The van der Waals surface area contributed by atoms with Gasteiger partial charge in [-0.05, 0) is 23.6 Å². The first-order chi connectivity index (χ1) is 13.8. The number of aromatic nitrogens is 1. The molecule has 0 bridgehead atoms. The fourth-order valence-corrected chi connectivity index (χ4v) is 4.29. The summed E-state index contributed by atoms with van der Waals surface area (Å²) >= 11 is 1.52. The van der Waals surface area contributed by atoms with E-state index in [4.69, 9.17) is 9.47 Å². The Morgan fingerprint density at radius 3 is 2.64 bits per heavy atom. The smallest absolute Gasteiger partial charge is 0.286 e. The number of nitrogens with zero attached hydrogens (tertiary/aromatic N) is 2. The number of hydrogen-bond acceptors (Lipinski definition) is 4. The molecule has 0 radical (unpaired) electrons. The summed E-state index contributed by atoms with van der Waals surface area (Å²) in [4.78, 5) is 17.4. The molecular formula is C22H20N2O3S. The molecule has 0 atom stereocenters. The zero-order chi connectivity index (χ0) is 19.3. The monoisotopic (exact) mass is 392 g/mol. The highest BCUT2D eigenvalue weighted by Gasteiger charge is 2.11. The van der Waals surface area contributed by atoms with E-state index < -0.39 is 0 Å². The molecule has 1 heterocycles. The van der Waals surface area contributed by atoms with Crippen molar-refractivity contribution in [2.45, 2.75) is 6.54 Å². The summed E-state index contributed by atoms with van der Waals surface area (Å²) in [5, 5.41) is 2.33. The number of carbonyl (C=O) groups is 1. The van der Waals surface area contributed by atoms with Crippen LogP contribution in [0.5, 0.6) is 5.75 Å². The topological polar surface area (TPSA) is 52.8 Å². The molecule has 0 aliphatic heterocycles. The van der Waals surface area contributed by atoms with Gasteiger partial charge in [0.1, 0.15) is 5.75 Å². The highest BCUT2D eigenvalue weighted by Crippen LogP contribution is 2.27. The number of hydrogen-bond donors (Lipinski definition) is 0. The number of benzene rings is 3. The van der Waals surface area contributed by atoms with Crippen molar-refractivity contribution in [3.8, 4) is 5.75 Å². The number of rotatable bonds is 6. The molecule has 0 fully saturated rings. The van der Waals surface area contributed by atoms with Gasteiger partial charge in [-0.3, -0.25) is 4.79 Å². The molecule has 0 spiro atoms. The van der Waals surface area contributed by atoms with Crippen LogP contribution in [-0.4, -0.2) is 30.8 Å². The van der Waals surface area contributed by atoms with Crippen LogP contribution in [0, 0.1) is 0 Å². The molecular weight excluding hydrogens is 372 g/mol. The van der Waals surface area contributed by atoms with Crippen LogP contribution >= 0.6 is 11.3 Å². The minimum atomic E-state index is -0.314. The zero-order valence-electron chi connectivity index (χ0n) is 15.5. The van der Waals surface area contributed by atoms with E-state index in [0.29, 0.717) is 23.7 Å². The molecule has 0 aliphatic rings. The number of methoxy groups -OCH3 is 1. The van der Waals surface area contributed by atoms with Crippen LogP contribution in [0.15, 0.2) is 71.7 Å². The molecule has 4 aromatic rings. The first-order valence-corrected chi connectivity index (χ1v) is 9.83. The lowest BCUT2D eigenvalue weighted by atomic mass is 10.1. The minimum Gasteiger partial charge on any atom is -0.484 e. The molecule has 3 aromatic carbocycles.